The highest BCUT2D eigenvalue weighted by molar-refractivity contribution is 6.30. The summed E-state index contributed by atoms with van der Waals surface area (Å²) < 4.78 is 5.46. The van der Waals surface area contributed by atoms with Crippen molar-refractivity contribution in [1.29, 1.82) is 0 Å². The minimum absolute atomic E-state index is 0.0449. The number of aliphatic hydroxyl groups excluding tert-OH is 1. The summed E-state index contributed by atoms with van der Waals surface area (Å²) in [6.07, 6.45) is 0.542. The number of fused-ring (bicyclic) bond motifs is 1. The van der Waals surface area contributed by atoms with Crippen molar-refractivity contribution in [3.8, 4) is 0 Å². The van der Waals surface area contributed by atoms with E-state index in [-0.39, 0.29) is 24.4 Å². The molecular formula is C28H31ClN12O2. The number of anilines is 7. The number of morpholine rings is 1. The van der Waals surface area contributed by atoms with Crippen LogP contribution in [-0.2, 0) is 4.74 Å². The van der Waals surface area contributed by atoms with Crippen LogP contribution in [0.5, 0.6) is 0 Å². The van der Waals surface area contributed by atoms with Crippen molar-refractivity contribution in [2.75, 3.05) is 71.8 Å². The average Bonchev–Trinajstić information content (AvgIpc) is 3.21. The lowest BCUT2D eigenvalue weighted by Gasteiger charge is -2.27. The van der Waals surface area contributed by atoms with E-state index >= 15 is 0 Å². The highest BCUT2D eigenvalue weighted by atomic mass is 35.5. The zero-order chi connectivity index (χ0) is 29.8. The Bertz CT molecular complexity index is 1610. The lowest BCUT2D eigenvalue weighted by atomic mass is 9.97. The van der Waals surface area contributed by atoms with Gasteiger partial charge in [-0.05, 0) is 35.4 Å². The zero-order valence-electron chi connectivity index (χ0n) is 23.2. The molecule has 6 rings (SSSR count). The fourth-order valence-electron chi connectivity index (χ4n) is 4.82. The van der Waals surface area contributed by atoms with E-state index in [1.807, 2.05) is 53.4 Å². The smallest absolute Gasteiger partial charge is 0.233 e. The van der Waals surface area contributed by atoms with Gasteiger partial charge in [0.05, 0.1) is 31.6 Å². The van der Waals surface area contributed by atoms with Crippen LogP contribution in [-0.4, -0.2) is 75.2 Å². The fraction of sp³-hybridized carbons (Fsp3) is 0.286. The molecule has 1 atom stereocenters. The first-order valence-corrected chi connectivity index (χ1v) is 14.2. The zero-order valence-corrected chi connectivity index (χ0v) is 23.9. The second-order valence-corrected chi connectivity index (χ2v) is 10.3. The van der Waals surface area contributed by atoms with E-state index in [2.05, 4.69) is 40.9 Å². The molecule has 0 saturated carbocycles. The molecule has 222 valence electrons. The number of aliphatic imine (C=N–C) groups is 1. The largest absolute Gasteiger partial charge is 0.395 e. The van der Waals surface area contributed by atoms with Crippen LogP contribution in [0.25, 0.3) is 0 Å². The van der Waals surface area contributed by atoms with E-state index in [1.54, 1.807) is 0 Å². The summed E-state index contributed by atoms with van der Waals surface area (Å²) in [4.78, 5) is 29.0. The summed E-state index contributed by atoms with van der Waals surface area (Å²) in [6, 6.07) is 15.2. The highest BCUT2D eigenvalue weighted by Gasteiger charge is 2.24. The van der Waals surface area contributed by atoms with Crippen molar-refractivity contribution in [3.05, 3.63) is 64.7 Å². The Kier molecular flexibility index (Phi) is 8.31. The van der Waals surface area contributed by atoms with Gasteiger partial charge in [-0.15, -0.1) is 0 Å². The lowest BCUT2D eigenvalue weighted by molar-refractivity contribution is 0.122. The molecule has 0 spiro atoms. The SMILES string of the molecule is Nc1nc(N)c2c(n1)NC(c1ccc(Cl)cc1)CC(c1ccc(Nc3nc(NCCO)nc(N4CCOCC4)n3)cc1)=N2. The lowest BCUT2D eigenvalue weighted by Crippen LogP contribution is -2.37. The molecule has 1 unspecified atom stereocenters. The Labute approximate surface area is 252 Å². The second-order valence-electron chi connectivity index (χ2n) is 9.91. The maximum Gasteiger partial charge on any atom is 0.233 e. The standard InChI is InChI=1S/C28H31ClN12O2/c29-18-5-1-16(2-6-18)21-15-20(34-22-23(30)36-25(31)37-24(22)35-21)17-3-7-19(8-4-17)33-27-38-26(32-9-12-42)39-28(40-27)41-10-13-43-14-11-41/h1-8,21,42H,9-15H2,(H5,30,31,35,36,37)(H2,32,33,38,39,40). The number of nitrogens with two attached hydrogens (primary N) is 2. The van der Waals surface area contributed by atoms with Gasteiger partial charge in [0.1, 0.15) is 5.69 Å². The van der Waals surface area contributed by atoms with Crippen LogP contribution in [0.3, 0.4) is 0 Å². The van der Waals surface area contributed by atoms with Gasteiger partial charge in [0.2, 0.25) is 23.8 Å². The van der Waals surface area contributed by atoms with Crippen molar-refractivity contribution in [2.45, 2.75) is 12.5 Å². The van der Waals surface area contributed by atoms with Crippen LogP contribution < -0.4 is 32.3 Å². The number of aliphatic hydroxyl groups is 1. The van der Waals surface area contributed by atoms with E-state index in [0.717, 1.165) is 22.5 Å². The minimum Gasteiger partial charge on any atom is -0.395 e. The minimum atomic E-state index is -0.169. The van der Waals surface area contributed by atoms with Crippen LogP contribution >= 0.6 is 11.6 Å². The van der Waals surface area contributed by atoms with Crippen LogP contribution in [0.1, 0.15) is 23.6 Å². The summed E-state index contributed by atoms with van der Waals surface area (Å²) in [7, 11) is 0. The predicted molar refractivity (Wildman–Crippen MR) is 168 cm³/mol. The van der Waals surface area contributed by atoms with Crippen LogP contribution in [0.4, 0.5) is 46.8 Å². The number of benzene rings is 2. The number of hydrogen-bond donors (Lipinski definition) is 6. The summed E-state index contributed by atoms with van der Waals surface area (Å²) in [5.74, 6) is 2.01. The van der Waals surface area contributed by atoms with Gasteiger partial charge < -0.3 is 42.2 Å². The molecule has 0 amide bonds. The molecule has 14 nitrogen and oxygen atoms in total. The number of halogens is 1. The first-order chi connectivity index (χ1) is 20.9. The monoisotopic (exact) mass is 602 g/mol. The summed E-state index contributed by atoms with van der Waals surface area (Å²) in [5, 5.41) is 19.6. The van der Waals surface area contributed by atoms with Crippen molar-refractivity contribution in [3.63, 3.8) is 0 Å². The quantitative estimate of drug-likeness (QED) is 0.172. The second kappa shape index (κ2) is 12.6. The third kappa shape index (κ3) is 6.66. The van der Waals surface area contributed by atoms with Gasteiger partial charge in [-0.3, -0.25) is 0 Å². The van der Waals surface area contributed by atoms with Crippen molar-refractivity contribution < 1.29 is 9.84 Å². The molecule has 0 aliphatic carbocycles. The normalized spacial score (nSPS) is 16.5. The summed E-state index contributed by atoms with van der Waals surface area (Å²) >= 11 is 6.14. The molecule has 0 radical (unpaired) electrons. The number of nitrogens with one attached hydrogen (secondary N) is 3. The molecule has 1 saturated heterocycles. The maximum atomic E-state index is 9.26. The van der Waals surface area contributed by atoms with Crippen molar-refractivity contribution >= 4 is 64.1 Å². The molecular weight excluding hydrogens is 572 g/mol. The Hall–Kier alpha value is -4.79. The van der Waals surface area contributed by atoms with Gasteiger partial charge >= 0.3 is 0 Å². The number of aromatic nitrogens is 5. The Morgan fingerprint density at radius 3 is 2.44 bits per heavy atom. The van der Waals surface area contributed by atoms with E-state index in [4.69, 9.17) is 32.8 Å². The Morgan fingerprint density at radius 2 is 1.70 bits per heavy atom. The van der Waals surface area contributed by atoms with Gasteiger partial charge in [0.15, 0.2) is 11.6 Å². The first-order valence-electron chi connectivity index (χ1n) is 13.8. The number of ether oxygens (including phenoxy) is 1. The van der Waals surface area contributed by atoms with E-state index < -0.39 is 0 Å². The molecule has 0 bridgehead atoms. The molecule has 2 aromatic heterocycles. The van der Waals surface area contributed by atoms with Gasteiger partial charge in [-0.1, -0.05) is 35.9 Å². The molecule has 2 aliphatic rings. The third-order valence-corrected chi connectivity index (χ3v) is 7.19. The van der Waals surface area contributed by atoms with Gasteiger partial charge in [-0.2, -0.15) is 24.9 Å². The van der Waals surface area contributed by atoms with Crippen LogP contribution in [0.15, 0.2) is 53.5 Å². The first kappa shape index (κ1) is 28.3. The van der Waals surface area contributed by atoms with Gasteiger partial charge in [-0.25, -0.2) is 4.99 Å². The molecule has 1 fully saturated rings. The number of nitrogen functional groups attached to an aromatic ring is 2. The molecule has 4 heterocycles. The predicted octanol–water partition coefficient (Wildman–Crippen LogP) is 3.14. The number of rotatable bonds is 8. The average molecular weight is 603 g/mol. The Balaban J connectivity index is 1.28. The third-order valence-electron chi connectivity index (χ3n) is 6.94. The van der Waals surface area contributed by atoms with E-state index in [9.17, 15) is 5.11 Å². The van der Waals surface area contributed by atoms with Gasteiger partial charge in [0, 0.05) is 36.8 Å². The fourth-order valence-corrected chi connectivity index (χ4v) is 4.94. The summed E-state index contributed by atoms with van der Waals surface area (Å²) in [5.41, 5.74) is 16.0. The van der Waals surface area contributed by atoms with Gasteiger partial charge in [0.25, 0.3) is 0 Å². The number of nitrogens with zero attached hydrogens (tertiary/aromatic N) is 7. The van der Waals surface area contributed by atoms with Crippen molar-refractivity contribution in [1.82, 2.24) is 24.9 Å². The molecule has 8 N–H and O–H groups in total. The highest BCUT2D eigenvalue weighted by Crippen LogP contribution is 2.38. The molecule has 15 heteroatoms. The maximum absolute atomic E-state index is 9.26. The van der Waals surface area contributed by atoms with E-state index in [1.165, 1.54) is 0 Å². The topological polar surface area (TPSA) is 198 Å². The van der Waals surface area contributed by atoms with Crippen LogP contribution in [0, 0.1) is 0 Å². The Morgan fingerprint density at radius 1 is 0.953 bits per heavy atom. The molecule has 4 aromatic rings. The van der Waals surface area contributed by atoms with Crippen LogP contribution in [0.2, 0.25) is 5.02 Å². The summed E-state index contributed by atoms with van der Waals surface area (Å²) in [6.45, 7) is 2.83. The van der Waals surface area contributed by atoms with E-state index in [0.29, 0.717) is 73.6 Å². The molecule has 2 aromatic carbocycles. The molecule has 2 aliphatic heterocycles. The number of hydrogen-bond acceptors (Lipinski definition) is 14. The van der Waals surface area contributed by atoms with Crippen molar-refractivity contribution in [2.24, 2.45) is 4.99 Å². The molecule has 43 heavy (non-hydrogen) atoms.